The Labute approximate surface area is 129 Å². The van der Waals surface area contributed by atoms with E-state index in [1.54, 1.807) is 0 Å². The Morgan fingerprint density at radius 3 is 2.05 bits per heavy atom. The van der Waals surface area contributed by atoms with Crippen molar-refractivity contribution in [3.63, 3.8) is 0 Å². The van der Waals surface area contributed by atoms with Gasteiger partial charge in [-0.15, -0.1) is 0 Å². The lowest BCUT2D eigenvalue weighted by molar-refractivity contribution is 0.581. The highest BCUT2D eigenvalue weighted by Gasteiger charge is 2.26. The van der Waals surface area contributed by atoms with Crippen LogP contribution in [0.15, 0.2) is 30.3 Å². The largest absolute Gasteiger partial charge is 0.257 e. The number of hydrogen-bond donors (Lipinski definition) is 0. The standard InChI is InChI=1S/C20H27N/c1-7-16-17(8-2)21-14(3)18(19(16)20(4,5)6)15-12-10-9-11-13-15/h9-13H,7-8H2,1-6H3. The van der Waals surface area contributed by atoms with E-state index >= 15 is 0 Å². The molecular formula is C20H27N. The van der Waals surface area contributed by atoms with Crippen LogP contribution < -0.4 is 0 Å². The van der Waals surface area contributed by atoms with Crippen molar-refractivity contribution in [1.29, 1.82) is 0 Å². The summed E-state index contributed by atoms with van der Waals surface area (Å²) in [5.74, 6) is 0. The third kappa shape index (κ3) is 3.02. The summed E-state index contributed by atoms with van der Waals surface area (Å²) in [5, 5.41) is 0. The average molecular weight is 281 g/mol. The van der Waals surface area contributed by atoms with Gasteiger partial charge in [-0.05, 0) is 41.9 Å². The Bertz CT molecular complexity index is 619. The van der Waals surface area contributed by atoms with E-state index in [4.69, 9.17) is 4.98 Å². The van der Waals surface area contributed by atoms with E-state index in [1.807, 2.05) is 0 Å². The fourth-order valence-electron chi connectivity index (χ4n) is 3.26. The topological polar surface area (TPSA) is 12.9 Å². The van der Waals surface area contributed by atoms with Crippen molar-refractivity contribution in [2.75, 3.05) is 0 Å². The quantitative estimate of drug-likeness (QED) is 0.726. The van der Waals surface area contributed by atoms with Gasteiger partial charge in [-0.25, -0.2) is 0 Å². The van der Waals surface area contributed by atoms with Crippen molar-refractivity contribution < 1.29 is 0 Å². The van der Waals surface area contributed by atoms with Crippen molar-refractivity contribution in [3.8, 4) is 11.1 Å². The maximum atomic E-state index is 4.91. The third-order valence-corrected chi connectivity index (χ3v) is 4.07. The third-order valence-electron chi connectivity index (χ3n) is 4.07. The highest BCUT2D eigenvalue weighted by molar-refractivity contribution is 5.73. The first kappa shape index (κ1) is 15.8. The molecule has 0 fully saturated rings. The number of pyridine rings is 1. The number of benzene rings is 1. The molecule has 0 atom stereocenters. The smallest absolute Gasteiger partial charge is 0.0457 e. The van der Waals surface area contributed by atoms with Crippen LogP contribution in [-0.4, -0.2) is 4.98 Å². The van der Waals surface area contributed by atoms with E-state index in [0.717, 1.165) is 18.5 Å². The zero-order valence-electron chi connectivity index (χ0n) is 14.2. The van der Waals surface area contributed by atoms with Crippen molar-refractivity contribution >= 4 is 0 Å². The first-order valence-corrected chi connectivity index (χ1v) is 7.98. The number of nitrogens with zero attached hydrogens (tertiary/aromatic N) is 1. The molecule has 0 saturated heterocycles. The monoisotopic (exact) mass is 281 g/mol. The van der Waals surface area contributed by atoms with Crippen LogP contribution in [0.4, 0.5) is 0 Å². The van der Waals surface area contributed by atoms with E-state index in [9.17, 15) is 0 Å². The summed E-state index contributed by atoms with van der Waals surface area (Å²) in [7, 11) is 0. The van der Waals surface area contributed by atoms with E-state index in [1.165, 1.54) is 27.9 Å². The molecule has 0 saturated carbocycles. The summed E-state index contributed by atoms with van der Waals surface area (Å²) in [6, 6.07) is 10.7. The summed E-state index contributed by atoms with van der Waals surface area (Å²) in [6.07, 6.45) is 2.05. The van der Waals surface area contributed by atoms with Gasteiger partial charge in [0.15, 0.2) is 0 Å². The molecule has 1 aromatic heterocycles. The summed E-state index contributed by atoms with van der Waals surface area (Å²) < 4.78 is 0. The lowest BCUT2D eigenvalue weighted by Crippen LogP contribution is -2.19. The molecule has 21 heavy (non-hydrogen) atoms. The maximum absolute atomic E-state index is 4.91. The lowest BCUT2D eigenvalue weighted by Gasteiger charge is -2.29. The molecule has 112 valence electrons. The van der Waals surface area contributed by atoms with Crippen LogP contribution in [0.25, 0.3) is 11.1 Å². The van der Waals surface area contributed by atoms with Crippen molar-refractivity contribution in [2.24, 2.45) is 0 Å². The Morgan fingerprint density at radius 1 is 0.952 bits per heavy atom. The van der Waals surface area contributed by atoms with E-state index < -0.39 is 0 Å². The molecule has 0 spiro atoms. The van der Waals surface area contributed by atoms with Crippen LogP contribution in [0.5, 0.6) is 0 Å². The molecule has 0 amide bonds. The van der Waals surface area contributed by atoms with Crippen molar-refractivity contribution in [1.82, 2.24) is 4.98 Å². The number of aromatic nitrogens is 1. The molecule has 1 heterocycles. The minimum atomic E-state index is 0.119. The Morgan fingerprint density at radius 2 is 1.57 bits per heavy atom. The highest BCUT2D eigenvalue weighted by atomic mass is 14.7. The second kappa shape index (κ2) is 6.01. The van der Waals surface area contributed by atoms with Gasteiger partial charge in [-0.2, -0.15) is 0 Å². The van der Waals surface area contributed by atoms with Crippen LogP contribution in [0.2, 0.25) is 0 Å². The minimum Gasteiger partial charge on any atom is -0.257 e. The van der Waals surface area contributed by atoms with Gasteiger partial charge < -0.3 is 0 Å². The van der Waals surface area contributed by atoms with E-state index in [-0.39, 0.29) is 5.41 Å². The lowest BCUT2D eigenvalue weighted by atomic mass is 9.77. The molecule has 0 bridgehead atoms. The van der Waals surface area contributed by atoms with Gasteiger partial charge in [0, 0.05) is 17.0 Å². The predicted octanol–water partition coefficient (Wildman–Crippen LogP) is 5.48. The van der Waals surface area contributed by atoms with Crippen molar-refractivity contribution in [3.05, 3.63) is 52.8 Å². The van der Waals surface area contributed by atoms with Crippen LogP contribution in [-0.2, 0) is 18.3 Å². The van der Waals surface area contributed by atoms with Crippen LogP contribution in [0, 0.1) is 6.92 Å². The van der Waals surface area contributed by atoms with Gasteiger partial charge >= 0.3 is 0 Å². The van der Waals surface area contributed by atoms with Gasteiger partial charge in [0.05, 0.1) is 0 Å². The molecule has 2 aromatic rings. The molecule has 0 aliphatic rings. The summed E-state index contributed by atoms with van der Waals surface area (Å²) in [5.41, 5.74) is 8.06. The van der Waals surface area contributed by atoms with Crippen LogP contribution in [0.3, 0.4) is 0 Å². The molecular weight excluding hydrogens is 254 g/mol. The average Bonchev–Trinajstić information content (AvgIpc) is 2.45. The maximum Gasteiger partial charge on any atom is 0.0457 e. The zero-order valence-corrected chi connectivity index (χ0v) is 14.2. The molecule has 0 radical (unpaired) electrons. The Hall–Kier alpha value is -1.63. The molecule has 1 aromatic carbocycles. The molecule has 0 aliphatic heterocycles. The van der Waals surface area contributed by atoms with E-state index in [2.05, 4.69) is 71.9 Å². The Kier molecular flexibility index (Phi) is 4.51. The number of hydrogen-bond acceptors (Lipinski definition) is 1. The SMILES string of the molecule is CCc1nc(C)c(-c2ccccc2)c(C(C)(C)C)c1CC. The second-order valence-corrected chi connectivity index (χ2v) is 6.70. The first-order valence-electron chi connectivity index (χ1n) is 7.98. The van der Waals surface area contributed by atoms with Gasteiger partial charge in [-0.1, -0.05) is 65.0 Å². The van der Waals surface area contributed by atoms with Crippen molar-refractivity contribution in [2.45, 2.75) is 59.8 Å². The zero-order chi connectivity index (χ0) is 15.6. The highest BCUT2D eigenvalue weighted by Crippen LogP contribution is 2.38. The molecule has 2 rings (SSSR count). The van der Waals surface area contributed by atoms with Gasteiger partial charge in [-0.3, -0.25) is 4.98 Å². The normalized spacial score (nSPS) is 11.7. The molecule has 0 unspecified atom stereocenters. The van der Waals surface area contributed by atoms with Gasteiger partial charge in [0.2, 0.25) is 0 Å². The number of aryl methyl sites for hydroxylation is 2. The minimum absolute atomic E-state index is 0.119. The summed E-state index contributed by atoms with van der Waals surface area (Å²) in [4.78, 5) is 4.91. The predicted molar refractivity (Wildman–Crippen MR) is 91.9 cm³/mol. The fraction of sp³-hybridized carbons (Fsp3) is 0.450. The van der Waals surface area contributed by atoms with Crippen LogP contribution >= 0.6 is 0 Å². The summed E-state index contributed by atoms with van der Waals surface area (Å²) in [6.45, 7) is 13.5. The van der Waals surface area contributed by atoms with Gasteiger partial charge in [0.25, 0.3) is 0 Å². The molecule has 1 heteroatoms. The molecule has 1 nitrogen and oxygen atoms in total. The molecule has 0 N–H and O–H groups in total. The number of rotatable bonds is 3. The second-order valence-electron chi connectivity index (χ2n) is 6.70. The first-order chi connectivity index (χ1) is 9.90. The summed E-state index contributed by atoms with van der Waals surface area (Å²) >= 11 is 0. The van der Waals surface area contributed by atoms with E-state index in [0.29, 0.717) is 0 Å². The Balaban J connectivity index is 2.87. The van der Waals surface area contributed by atoms with Crippen LogP contribution in [0.1, 0.15) is 57.1 Å². The van der Waals surface area contributed by atoms with Gasteiger partial charge in [0.1, 0.15) is 0 Å². The fourth-order valence-corrected chi connectivity index (χ4v) is 3.26. The molecule has 0 aliphatic carbocycles.